The van der Waals surface area contributed by atoms with Crippen LogP contribution in [0.25, 0.3) is 11.3 Å². The van der Waals surface area contributed by atoms with Gasteiger partial charge in [0.25, 0.3) is 0 Å². The van der Waals surface area contributed by atoms with E-state index in [1.54, 1.807) is 18.6 Å². The summed E-state index contributed by atoms with van der Waals surface area (Å²) in [5.41, 5.74) is 10.9. The van der Waals surface area contributed by atoms with Crippen molar-refractivity contribution in [3.05, 3.63) is 60.2 Å². The number of hydrogen-bond donors (Lipinski definition) is 1. The van der Waals surface area contributed by atoms with Crippen LogP contribution < -0.4 is 15.5 Å². The molecule has 2 N–H and O–H groups in total. The average molecular weight is 502 g/mol. The van der Waals surface area contributed by atoms with Crippen molar-refractivity contribution in [3.8, 4) is 11.3 Å². The molecule has 0 aliphatic carbocycles. The van der Waals surface area contributed by atoms with Crippen LogP contribution >= 0.6 is 0 Å². The molecule has 1 aromatic carbocycles. The summed E-state index contributed by atoms with van der Waals surface area (Å²) in [4.78, 5) is 33.5. The molecule has 2 fully saturated rings. The Morgan fingerprint density at radius 3 is 2.46 bits per heavy atom. The van der Waals surface area contributed by atoms with Gasteiger partial charge in [-0.15, -0.1) is 0 Å². The molecular weight excluding hydrogens is 466 g/mol. The lowest BCUT2D eigenvalue weighted by molar-refractivity contribution is 0.0988. The molecule has 9 nitrogen and oxygen atoms in total. The standard InChI is InChI=1S/C28H35N7O2/c1-33(2)22-8-11-34(12-9-22)23-5-3-20(4-6-23)24-19-31-28(29)27(32-24)26(36)17-21-18-30-10-7-25(21)35-13-15-37-16-14-35/h3-7,10,18-19,22H,8-9,11-17H2,1-2H3,(H2,29,31). The second kappa shape index (κ2) is 11.2. The van der Waals surface area contributed by atoms with Crippen molar-refractivity contribution in [2.45, 2.75) is 25.3 Å². The molecule has 2 saturated heterocycles. The molecule has 4 heterocycles. The number of carbonyl (C=O) groups excluding carboxylic acids is 1. The Kier molecular flexibility index (Phi) is 7.62. The number of piperidine rings is 1. The Morgan fingerprint density at radius 2 is 1.76 bits per heavy atom. The zero-order chi connectivity index (χ0) is 25.8. The molecule has 2 aromatic heterocycles. The second-order valence-electron chi connectivity index (χ2n) is 9.92. The van der Waals surface area contributed by atoms with E-state index in [4.69, 9.17) is 10.5 Å². The zero-order valence-electron chi connectivity index (χ0n) is 21.6. The summed E-state index contributed by atoms with van der Waals surface area (Å²) in [5, 5.41) is 0. The SMILES string of the molecule is CN(C)C1CCN(c2ccc(-c3cnc(N)c(C(=O)Cc4cnccc4N4CCOCC4)n3)cc2)CC1. The van der Waals surface area contributed by atoms with Gasteiger partial charge in [-0.2, -0.15) is 0 Å². The lowest BCUT2D eigenvalue weighted by Crippen LogP contribution is -2.41. The van der Waals surface area contributed by atoms with Crippen LogP contribution in [0.5, 0.6) is 0 Å². The molecular formula is C28H35N7O2. The Hall–Kier alpha value is -3.56. The van der Waals surface area contributed by atoms with Crippen LogP contribution in [-0.4, -0.2) is 85.2 Å². The van der Waals surface area contributed by atoms with E-state index in [1.165, 1.54) is 5.69 Å². The molecule has 37 heavy (non-hydrogen) atoms. The summed E-state index contributed by atoms with van der Waals surface area (Å²) in [6, 6.07) is 10.9. The maximum absolute atomic E-state index is 13.3. The Bertz CT molecular complexity index is 1220. The molecule has 3 aromatic rings. The molecule has 0 amide bonds. The van der Waals surface area contributed by atoms with E-state index < -0.39 is 0 Å². The maximum Gasteiger partial charge on any atom is 0.189 e. The largest absolute Gasteiger partial charge is 0.382 e. The third-order valence-corrected chi connectivity index (χ3v) is 7.37. The molecule has 0 unspecified atom stereocenters. The highest BCUT2D eigenvalue weighted by Crippen LogP contribution is 2.27. The number of hydrogen-bond acceptors (Lipinski definition) is 9. The molecule has 194 valence electrons. The number of carbonyl (C=O) groups is 1. The lowest BCUT2D eigenvalue weighted by Gasteiger charge is -2.36. The van der Waals surface area contributed by atoms with Gasteiger partial charge in [-0.05, 0) is 45.1 Å². The molecule has 0 atom stereocenters. The number of pyridine rings is 1. The van der Waals surface area contributed by atoms with Crippen molar-refractivity contribution in [1.29, 1.82) is 0 Å². The number of ketones is 1. The number of rotatable bonds is 7. The van der Waals surface area contributed by atoms with Gasteiger partial charge in [0.2, 0.25) is 0 Å². The van der Waals surface area contributed by atoms with E-state index in [9.17, 15) is 4.79 Å². The highest BCUT2D eigenvalue weighted by atomic mass is 16.5. The van der Waals surface area contributed by atoms with Crippen LogP contribution in [0, 0.1) is 0 Å². The molecule has 0 radical (unpaired) electrons. The number of nitrogens with two attached hydrogens (primary N) is 1. The minimum absolute atomic E-state index is 0.144. The number of Topliss-reactive ketones (excluding diaryl/α,β-unsaturated/α-hetero) is 1. The fraction of sp³-hybridized carbons (Fsp3) is 0.429. The predicted molar refractivity (Wildman–Crippen MR) is 146 cm³/mol. The number of anilines is 3. The molecule has 0 bridgehead atoms. The van der Waals surface area contributed by atoms with Crippen molar-refractivity contribution in [3.63, 3.8) is 0 Å². The molecule has 0 spiro atoms. The number of aromatic nitrogens is 3. The third kappa shape index (κ3) is 5.73. The van der Waals surface area contributed by atoms with Gasteiger partial charge in [-0.1, -0.05) is 12.1 Å². The summed E-state index contributed by atoms with van der Waals surface area (Å²) < 4.78 is 5.47. The first-order chi connectivity index (χ1) is 18.0. The number of morpholine rings is 1. The smallest absolute Gasteiger partial charge is 0.189 e. The van der Waals surface area contributed by atoms with Gasteiger partial charge in [-0.3, -0.25) is 9.78 Å². The maximum atomic E-state index is 13.3. The van der Waals surface area contributed by atoms with Gasteiger partial charge in [0.15, 0.2) is 11.6 Å². The number of nitrogens with zero attached hydrogens (tertiary/aromatic N) is 6. The summed E-state index contributed by atoms with van der Waals surface area (Å²) in [5.74, 6) is -0.0271. The summed E-state index contributed by atoms with van der Waals surface area (Å²) in [6.45, 7) is 5.00. The summed E-state index contributed by atoms with van der Waals surface area (Å²) in [6.07, 6.45) is 7.61. The molecule has 5 rings (SSSR count). The van der Waals surface area contributed by atoms with Gasteiger partial charge in [-0.25, -0.2) is 9.97 Å². The topological polar surface area (TPSA) is 101 Å². The monoisotopic (exact) mass is 501 g/mol. The van der Waals surface area contributed by atoms with Crippen LogP contribution in [-0.2, 0) is 11.2 Å². The highest BCUT2D eigenvalue weighted by molar-refractivity contribution is 6.00. The van der Waals surface area contributed by atoms with Crippen molar-refractivity contribution in [2.75, 3.05) is 69.0 Å². The number of nitrogen functional groups attached to an aromatic ring is 1. The highest BCUT2D eigenvalue weighted by Gasteiger charge is 2.22. The Morgan fingerprint density at radius 1 is 1.03 bits per heavy atom. The second-order valence-corrected chi connectivity index (χ2v) is 9.92. The van der Waals surface area contributed by atoms with Crippen molar-refractivity contribution >= 4 is 23.0 Å². The third-order valence-electron chi connectivity index (χ3n) is 7.37. The van der Waals surface area contributed by atoms with Crippen LogP contribution in [0.3, 0.4) is 0 Å². The lowest BCUT2D eigenvalue weighted by atomic mass is 10.0. The quantitative estimate of drug-likeness (QED) is 0.490. The van der Waals surface area contributed by atoms with Crippen molar-refractivity contribution in [1.82, 2.24) is 19.9 Å². The van der Waals surface area contributed by atoms with Gasteiger partial charge in [0, 0.05) is 73.5 Å². The average Bonchev–Trinajstić information content (AvgIpc) is 2.94. The van der Waals surface area contributed by atoms with Crippen LogP contribution in [0.15, 0.2) is 48.9 Å². The Balaban J connectivity index is 1.31. The van der Waals surface area contributed by atoms with E-state index in [0.717, 1.165) is 55.8 Å². The number of benzene rings is 1. The minimum Gasteiger partial charge on any atom is -0.382 e. The fourth-order valence-corrected chi connectivity index (χ4v) is 5.15. The first kappa shape index (κ1) is 25.1. The van der Waals surface area contributed by atoms with E-state index in [-0.39, 0.29) is 23.7 Å². The van der Waals surface area contributed by atoms with E-state index in [1.807, 2.05) is 18.2 Å². The summed E-state index contributed by atoms with van der Waals surface area (Å²) >= 11 is 0. The predicted octanol–water partition coefficient (Wildman–Crippen LogP) is 2.91. The molecule has 9 heteroatoms. The fourth-order valence-electron chi connectivity index (χ4n) is 5.15. The molecule has 0 saturated carbocycles. The first-order valence-corrected chi connectivity index (χ1v) is 12.9. The minimum atomic E-state index is -0.172. The van der Waals surface area contributed by atoms with E-state index >= 15 is 0 Å². The van der Waals surface area contributed by atoms with Gasteiger partial charge in [0.1, 0.15) is 5.69 Å². The van der Waals surface area contributed by atoms with E-state index in [0.29, 0.717) is 24.9 Å². The zero-order valence-corrected chi connectivity index (χ0v) is 21.6. The van der Waals surface area contributed by atoms with Crippen molar-refractivity contribution in [2.24, 2.45) is 0 Å². The number of ether oxygens (including phenoxy) is 1. The van der Waals surface area contributed by atoms with E-state index in [2.05, 4.69) is 55.9 Å². The van der Waals surface area contributed by atoms with Crippen LogP contribution in [0.1, 0.15) is 28.9 Å². The van der Waals surface area contributed by atoms with Crippen LogP contribution in [0.4, 0.5) is 17.2 Å². The summed E-state index contributed by atoms with van der Waals surface area (Å²) in [7, 11) is 4.31. The van der Waals surface area contributed by atoms with Gasteiger partial charge < -0.3 is 25.2 Å². The normalized spacial score (nSPS) is 16.8. The first-order valence-electron chi connectivity index (χ1n) is 12.9. The van der Waals surface area contributed by atoms with Crippen LogP contribution in [0.2, 0.25) is 0 Å². The molecule has 2 aliphatic rings. The van der Waals surface area contributed by atoms with Gasteiger partial charge in [0.05, 0.1) is 25.1 Å². The van der Waals surface area contributed by atoms with Gasteiger partial charge >= 0.3 is 0 Å². The molecule has 2 aliphatic heterocycles. The van der Waals surface area contributed by atoms with Crippen molar-refractivity contribution < 1.29 is 9.53 Å². The Labute approximate surface area is 218 Å².